The Morgan fingerprint density at radius 3 is 1.91 bits per heavy atom. The van der Waals surface area contributed by atoms with E-state index in [4.69, 9.17) is 28.4 Å². The van der Waals surface area contributed by atoms with Crippen LogP contribution in [0.2, 0.25) is 0 Å². The number of fused-ring (bicyclic) bond motifs is 7. The molecule has 21 nitrogen and oxygen atoms in total. The average Bonchev–Trinajstić information content (AvgIpc) is 3.57. The molecule has 2 saturated heterocycles. The molecule has 0 aromatic carbocycles. The first-order valence-corrected chi connectivity index (χ1v) is 24.5. The molecule has 4 saturated carbocycles. The van der Waals surface area contributed by atoms with Gasteiger partial charge in [0.25, 0.3) is 0 Å². The van der Waals surface area contributed by atoms with Crippen LogP contribution in [0.25, 0.3) is 0 Å². The van der Waals surface area contributed by atoms with E-state index in [9.17, 15) is 76.3 Å². The van der Waals surface area contributed by atoms with Crippen molar-refractivity contribution in [2.45, 2.75) is 204 Å². The molecule has 0 radical (unpaired) electrons. The summed E-state index contributed by atoms with van der Waals surface area (Å²) in [7, 11) is 0. The predicted octanol–water partition coefficient (Wildman–Crippen LogP) is -2.13. The summed E-state index contributed by atoms with van der Waals surface area (Å²) >= 11 is 0. The van der Waals surface area contributed by atoms with Crippen molar-refractivity contribution < 1.29 is 105 Å². The predicted molar refractivity (Wildman–Crippen MR) is 237 cm³/mol. The van der Waals surface area contributed by atoms with Gasteiger partial charge in [-0.15, -0.1) is 0 Å². The lowest BCUT2D eigenvalue weighted by Gasteiger charge is -2.73. The Morgan fingerprint density at radius 2 is 1.32 bits per heavy atom. The highest BCUT2D eigenvalue weighted by Gasteiger charge is 2.75. The number of carboxylic acids is 1. The van der Waals surface area contributed by atoms with E-state index >= 15 is 0 Å². The van der Waals surface area contributed by atoms with Crippen molar-refractivity contribution in [3.8, 4) is 0 Å². The molecule has 0 bridgehead atoms. The fraction of sp³-hybridized carbons (Fsp3) is 0.938. The number of aliphatic hydroxyl groups is 13. The molecular formula is C48H80O21. The molecule has 5 aliphatic carbocycles. The molecule has 2 heterocycles. The van der Waals surface area contributed by atoms with Crippen LogP contribution in [-0.2, 0) is 33.2 Å². The Morgan fingerprint density at radius 1 is 0.739 bits per heavy atom. The monoisotopic (exact) mass is 993 g/mol. The highest BCUT2D eigenvalue weighted by atomic mass is 16.8. The lowest BCUT2D eigenvalue weighted by atomic mass is 9.32. The van der Waals surface area contributed by atoms with Crippen molar-refractivity contribution >= 4 is 5.97 Å². The molecular weight excluding hydrogens is 913 g/mol. The van der Waals surface area contributed by atoms with Crippen molar-refractivity contribution in [2.75, 3.05) is 26.4 Å². The van der Waals surface area contributed by atoms with E-state index in [1.54, 1.807) is 0 Å². The summed E-state index contributed by atoms with van der Waals surface area (Å²) in [5.41, 5.74) is -4.21. The molecule has 0 spiro atoms. The molecule has 6 fully saturated rings. The normalized spacial score (nSPS) is 49.8. The third kappa shape index (κ3) is 8.57. The first kappa shape index (κ1) is 55.2. The van der Waals surface area contributed by atoms with E-state index in [1.165, 1.54) is 6.92 Å². The number of rotatable bonds is 15. The lowest BCUT2D eigenvalue weighted by Crippen LogP contribution is -2.76. The summed E-state index contributed by atoms with van der Waals surface area (Å²) < 4.78 is 35.3. The Hall–Kier alpha value is -1.55. The van der Waals surface area contributed by atoms with E-state index in [2.05, 4.69) is 19.9 Å². The summed E-state index contributed by atoms with van der Waals surface area (Å²) in [6.45, 7) is 12.8. The zero-order chi connectivity index (χ0) is 51.3. The number of carbonyl (C=O) groups is 1. The molecule has 7 aliphatic rings. The molecule has 25 atom stereocenters. The van der Waals surface area contributed by atoms with Gasteiger partial charge in [0.05, 0.1) is 62.4 Å². The minimum absolute atomic E-state index is 0.0588. The van der Waals surface area contributed by atoms with Gasteiger partial charge in [-0.3, -0.25) is 0 Å². The van der Waals surface area contributed by atoms with E-state index in [-0.39, 0.29) is 11.8 Å². The Kier molecular flexibility index (Phi) is 15.7. The van der Waals surface area contributed by atoms with Crippen molar-refractivity contribution in [1.29, 1.82) is 0 Å². The van der Waals surface area contributed by atoms with Crippen LogP contribution in [-0.4, -0.2) is 214 Å². The fourth-order valence-electron chi connectivity index (χ4n) is 14.8. The maximum atomic E-state index is 12.9. The van der Waals surface area contributed by atoms with Crippen molar-refractivity contribution in [3.63, 3.8) is 0 Å². The van der Waals surface area contributed by atoms with Gasteiger partial charge in [-0.05, 0) is 84.9 Å². The Balaban J connectivity index is 1.17. The van der Waals surface area contributed by atoms with Gasteiger partial charge in [0.2, 0.25) is 0 Å². The molecule has 69 heavy (non-hydrogen) atoms. The van der Waals surface area contributed by atoms with Gasteiger partial charge in [-0.2, -0.15) is 0 Å². The largest absolute Gasteiger partial charge is 0.479 e. The quantitative estimate of drug-likeness (QED) is 0.0615. The zero-order valence-electron chi connectivity index (χ0n) is 40.9. The van der Waals surface area contributed by atoms with Crippen LogP contribution in [0.15, 0.2) is 11.6 Å². The summed E-state index contributed by atoms with van der Waals surface area (Å²) in [5.74, 6) is -2.33. The van der Waals surface area contributed by atoms with Gasteiger partial charge in [-0.1, -0.05) is 60.1 Å². The first-order valence-electron chi connectivity index (χ1n) is 24.5. The number of ether oxygens (including phenoxy) is 6. The molecule has 0 aromatic heterocycles. The molecule has 21 heteroatoms. The number of carboxylic acid groups (broad SMARTS) is 1. The van der Waals surface area contributed by atoms with Crippen LogP contribution in [0.5, 0.6) is 0 Å². The number of allylic oxidation sites excluding steroid dienone is 1. The van der Waals surface area contributed by atoms with Crippen LogP contribution in [0.4, 0.5) is 0 Å². The highest BCUT2D eigenvalue weighted by molar-refractivity contribution is 5.73. The van der Waals surface area contributed by atoms with Crippen molar-refractivity contribution in [3.05, 3.63) is 11.6 Å². The molecule has 2 aliphatic heterocycles. The van der Waals surface area contributed by atoms with Gasteiger partial charge in [0.1, 0.15) is 54.9 Å². The van der Waals surface area contributed by atoms with Gasteiger partial charge in [-0.25, -0.2) is 4.79 Å². The van der Waals surface area contributed by atoms with Crippen LogP contribution in [0, 0.1) is 50.2 Å². The number of hydrogen-bond donors (Lipinski definition) is 14. The Labute approximate surface area is 402 Å². The fourth-order valence-corrected chi connectivity index (χ4v) is 14.8. The number of hydrogen-bond acceptors (Lipinski definition) is 20. The van der Waals surface area contributed by atoms with Gasteiger partial charge in [0.15, 0.2) is 25.0 Å². The zero-order valence-corrected chi connectivity index (χ0v) is 40.9. The van der Waals surface area contributed by atoms with Crippen LogP contribution in [0.1, 0.15) is 93.9 Å². The minimum Gasteiger partial charge on any atom is -0.479 e. The number of aliphatic carboxylic acids is 1. The molecule has 398 valence electrons. The maximum Gasteiger partial charge on any atom is 0.335 e. The minimum atomic E-state index is -2.09. The summed E-state index contributed by atoms with van der Waals surface area (Å²) in [6.07, 6.45) is -22.4. The molecule has 7 rings (SSSR count). The molecule has 14 N–H and O–H groups in total. The lowest BCUT2D eigenvalue weighted by molar-refractivity contribution is -0.344. The van der Waals surface area contributed by atoms with Crippen molar-refractivity contribution in [2.24, 2.45) is 50.2 Å². The van der Waals surface area contributed by atoms with E-state index < -0.39 is 181 Å². The second kappa shape index (κ2) is 19.6. The van der Waals surface area contributed by atoms with Gasteiger partial charge >= 0.3 is 5.97 Å². The average molecular weight is 993 g/mol. The van der Waals surface area contributed by atoms with E-state index in [1.807, 2.05) is 34.6 Å². The SMILES string of the molecule is C[C@H](O[C@@H]1OC(CO)[C@H](O)C(O)[C@@H]1O)[C@@H](OC(C(=O)O)[C@@H](O)CO[C@@H]1O[C@@H](CO)C(O)[C@@H]1O)O[C@H]1CC[C@@]2(C)C(CC[C@]3(C)C2CC=C2C4CC(C)(C)[C@@H](O)[C@H](O)[C@]4(CO)[C@H](O)[C@H](O)[C@]23C)C1(C)C. The summed E-state index contributed by atoms with van der Waals surface area (Å²) in [4.78, 5) is 12.9. The topological polar surface area (TPSA) is 356 Å². The van der Waals surface area contributed by atoms with Gasteiger partial charge in [0, 0.05) is 5.41 Å². The Bertz CT molecular complexity index is 1850. The second-order valence-corrected chi connectivity index (χ2v) is 23.4. The molecule has 7 unspecified atom stereocenters. The van der Waals surface area contributed by atoms with Crippen LogP contribution >= 0.6 is 0 Å². The van der Waals surface area contributed by atoms with Crippen LogP contribution < -0.4 is 0 Å². The van der Waals surface area contributed by atoms with Gasteiger partial charge < -0.3 is 99.9 Å². The maximum absolute atomic E-state index is 12.9. The summed E-state index contributed by atoms with van der Waals surface area (Å²) in [5, 5.41) is 152. The van der Waals surface area contributed by atoms with E-state index in [0.29, 0.717) is 38.5 Å². The third-order valence-corrected chi connectivity index (χ3v) is 19.1. The van der Waals surface area contributed by atoms with Crippen molar-refractivity contribution in [1.82, 2.24) is 0 Å². The first-order chi connectivity index (χ1) is 32.1. The molecule has 0 amide bonds. The summed E-state index contributed by atoms with van der Waals surface area (Å²) in [6, 6.07) is 0. The van der Waals surface area contributed by atoms with E-state index in [0.717, 1.165) is 5.57 Å². The smallest absolute Gasteiger partial charge is 0.335 e. The third-order valence-electron chi connectivity index (χ3n) is 19.1. The highest BCUT2D eigenvalue weighted by Crippen LogP contribution is 2.76. The van der Waals surface area contributed by atoms with Crippen LogP contribution in [0.3, 0.4) is 0 Å². The standard InChI is InChI=1S/C48H80O21/c1-20(65-42-33(57)31(55)29(53)24(16-49)67-42)40(69-34(39(62)63)23(52)18-64-41-32(56)30(54)25(17-50)66-41)68-28-12-13-45(6)26(44(28,4)5)11-14-46(7)27(45)10-9-21-22-15-43(2,3)35(58)37(60)48(22,19-51)38(61)36(59)47(21,46)8/h9,20,22-38,40-42,49-61H,10-19H2,1-8H3,(H,62,63)/t20-,22?,23-,24?,25-,26?,27?,28-,29-,30?,31?,32-,33-,34?,35-,36-,37-,38+,40+,41+,42+,45-,46+,47-,48+/m0/s1. The molecule has 0 aromatic rings. The number of aliphatic hydroxyl groups excluding tert-OH is 13. The second-order valence-electron chi connectivity index (χ2n) is 23.4.